The Balaban J connectivity index is 2.02. The fourth-order valence-electron chi connectivity index (χ4n) is 1.62. The second-order valence-corrected chi connectivity index (χ2v) is 3.89. The molecule has 1 N–H and O–H groups in total. The summed E-state index contributed by atoms with van der Waals surface area (Å²) in [5, 5.41) is 3.15. The van der Waals surface area contributed by atoms with Crippen LogP contribution in [0, 0.1) is 0 Å². The number of hydrogen-bond donors (Lipinski definition) is 1. The first-order valence-corrected chi connectivity index (χ1v) is 5.21. The van der Waals surface area contributed by atoms with Crippen LogP contribution in [0.4, 0.5) is 5.95 Å². The lowest BCUT2D eigenvalue weighted by atomic mass is 10.5. The zero-order chi connectivity index (χ0) is 9.97. The van der Waals surface area contributed by atoms with Gasteiger partial charge in [0.15, 0.2) is 0 Å². The molecule has 1 saturated carbocycles. The third-order valence-corrected chi connectivity index (χ3v) is 2.63. The third kappa shape index (κ3) is 1.90. The Hall–Kier alpha value is -1.03. The number of nitrogens with zero attached hydrogens (tertiary/aromatic N) is 3. The van der Waals surface area contributed by atoms with Crippen molar-refractivity contribution < 1.29 is 0 Å². The Morgan fingerprint density at radius 2 is 2.43 bits per heavy atom. The monoisotopic (exact) mass is 194 g/mol. The number of rotatable bonds is 5. The molecular formula is C10H18N4. The normalized spacial score (nSPS) is 15.9. The van der Waals surface area contributed by atoms with Crippen LogP contribution < -0.4 is 10.2 Å². The summed E-state index contributed by atoms with van der Waals surface area (Å²) in [5.41, 5.74) is 0. The maximum Gasteiger partial charge on any atom is 0.205 e. The molecule has 0 radical (unpaired) electrons. The van der Waals surface area contributed by atoms with Gasteiger partial charge in [-0.05, 0) is 19.9 Å². The van der Waals surface area contributed by atoms with Crippen LogP contribution in [0.3, 0.4) is 0 Å². The summed E-state index contributed by atoms with van der Waals surface area (Å²) in [7, 11) is 4.07. The molecule has 4 nitrogen and oxygen atoms in total. The lowest BCUT2D eigenvalue weighted by Gasteiger charge is -2.19. The largest absolute Gasteiger partial charge is 0.344 e. The van der Waals surface area contributed by atoms with E-state index in [1.807, 2.05) is 13.2 Å². The molecule has 1 aliphatic carbocycles. The molecule has 4 heteroatoms. The van der Waals surface area contributed by atoms with E-state index in [1.54, 1.807) is 0 Å². The minimum Gasteiger partial charge on any atom is -0.344 e. The molecule has 0 amide bonds. The first-order valence-electron chi connectivity index (χ1n) is 5.21. The van der Waals surface area contributed by atoms with Gasteiger partial charge >= 0.3 is 0 Å². The molecule has 1 aliphatic rings. The molecule has 2 rings (SSSR count). The molecule has 0 atom stereocenters. The van der Waals surface area contributed by atoms with Gasteiger partial charge in [0, 0.05) is 38.6 Å². The number of anilines is 1. The molecule has 0 bridgehead atoms. The molecular weight excluding hydrogens is 176 g/mol. The van der Waals surface area contributed by atoms with E-state index in [-0.39, 0.29) is 0 Å². The summed E-state index contributed by atoms with van der Waals surface area (Å²) in [5.74, 6) is 1.10. The maximum absolute atomic E-state index is 4.39. The molecule has 78 valence electrons. The van der Waals surface area contributed by atoms with Crippen LogP contribution in [0.5, 0.6) is 0 Å². The molecule has 1 heterocycles. The van der Waals surface area contributed by atoms with Gasteiger partial charge in [0.2, 0.25) is 5.95 Å². The number of hydrogen-bond acceptors (Lipinski definition) is 3. The average molecular weight is 194 g/mol. The van der Waals surface area contributed by atoms with Crippen LogP contribution in [0.25, 0.3) is 0 Å². The number of aromatic nitrogens is 2. The summed E-state index contributed by atoms with van der Waals surface area (Å²) in [6, 6.07) is 0.713. The Bertz CT molecular complexity index is 290. The van der Waals surface area contributed by atoms with Gasteiger partial charge in [0.05, 0.1) is 0 Å². The number of nitrogens with one attached hydrogen (secondary N) is 1. The van der Waals surface area contributed by atoms with Gasteiger partial charge in [-0.2, -0.15) is 0 Å². The molecule has 1 aromatic rings. The molecule has 0 spiro atoms. The van der Waals surface area contributed by atoms with Gasteiger partial charge in [-0.25, -0.2) is 4.98 Å². The van der Waals surface area contributed by atoms with Crippen LogP contribution in [0.1, 0.15) is 18.9 Å². The summed E-state index contributed by atoms with van der Waals surface area (Å²) in [6.07, 6.45) is 6.60. The second kappa shape index (κ2) is 4.00. The van der Waals surface area contributed by atoms with Crippen LogP contribution in [0.15, 0.2) is 12.4 Å². The minimum absolute atomic E-state index is 0.713. The molecule has 0 saturated heterocycles. The maximum atomic E-state index is 4.39. The fraction of sp³-hybridized carbons (Fsp3) is 0.700. The minimum atomic E-state index is 0.713. The Labute approximate surface area is 84.9 Å². The summed E-state index contributed by atoms with van der Waals surface area (Å²) in [4.78, 5) is 6.59. The summed E-state index contributed by atoms with van der Waals surface area (Å²) >= 11 is 0. The molecule has 0 aromatic carbocycles. The topological polar surface area (TPSA) is 33.1 Å². The predicted molar refractivity (Wildman–Crippen MR) is 57.7 cm³/mol. The van der Waals surface area contributed by atoms with Crippen LogP contribution in [-0.4, -0.2) is 36.7 Å². The Morgan fingerprint density at radius 3 is 3.07 bits per heavy atom. The van der Waals surface area contributed by atoms with Crippen molar-refractivity contribution in [1.29, 1.82) is 0 Å². The lowest BCUT2D eigenvalue weighted by molar-refractivity contribution is 0.691. The number of likely N-dealkylation sites (N-methyl/N-ethyl adjacent to an activating group) is 2. The zero-order valence-electron chi connectivity index (χ0n) is 8.90. The Kier molecular flexibility index (Phi) is 2.72. The van der Waals surface area contributed by atoms with E-state index in [0.717, 1.165) is 19.0 Å². The fourth-order valence-corrected chi connectivity index (χ4v) is 1.62. The highest BCUT2D eigenvalue weighted by molar-refractivity contribution is 5.31. The van der Waals surface area contributed by atoms with Gasteiger partial charge in [0.25, 0.3) is 0 Å². The van der Waals surface area contributed by atoms with E-state index in [9.17, 15) is 0 Å². The highest BCUT2D eigenvalue weighted by atomic mass is 15.3. The summed E-state index contributed by atoms with van der Waals surface area (Å²) in [6.45, 7) is 1.99. The standard InChI is InChI=1S/C10H18N4/c1-11-5-7-13(2)10-12-6-8-14(10)9-3-4-9/h6,8-9,11H,3-5,7H2,1-2H3. The zero-order valence-corrected chi connectivity index (χ0v) is 8.90. The van der Waals surface area contributed by atoms with E-state index in [1.165, 1.54) is 12.8 Å². The van der Waals surface area contributed by atoms with Crippen molar-refractivity contribution in [3.8, 4) is 0 Å². The van der Waals surface area contributed by atoms with Crippen LogP contribution in [0.2, 0.25) is 0 Å². The van der Waals surface area contributed by atoms with E-state index in [4.69, 9.17) is 0 Å². The molecule has 1 fully saturated rings. The SMILES string of the molecule is CNCCN(C)c1nccn1C1CC1. The van der Waals surface area contributed by atoms with Crippen molar-refractivity contribution in [3.05, 3.63) is 12.4 Å². The van der Waals surface area contributed by atoms with Crippen LogP contribution >= 0.6 is 0 Å². The molecule has 1 aromatic heterocycles. The first-order chi connectivity index (χ1) is 6.83. The van der Waals surface area contributed by atoms with Gasteiger partial charge < -0.3 is 14.8 Å². The van der Waals surface area contributed by atoms with Crippen molar-refractivity contribution in [3.63, 3.8) is 0 Å². The van der Waals surface area contributed by atoms with Crippen LogP contribution in [-0.2, 0) is 0 Å². The van der Waals surface area contributed by atoms with Gasteiger partial charge in [-0.1, -0.05) is 0 Å². The van der Waals surface area contributed by atoms with Crippen molar-refractivity contribution in [1.82, 2.24) is 14.9 Å². The predicted octanol–water partition coefficient (Wildman–Crippen LogP) is 0.874. The molecule has 14 heavy (non-hydrogen) atoms. The van der Waals surface area contributed by atoms with Crippen molar-refractivity contribution >= 4 is 5.95 Å². The third-order valence-electron chi connectivity index (χ3n) is 2.63. The highest BCUT2D eigenvalue weighted by Gasteiger charge is 2.26. The van der Waals surface area contributed by atoms with Gasteiger partial charge in [-0.15, -0.1) is 0 Å². The van der Waals surface area contributed by atoms with Crippen molar-refractivity contribution in [2.75, 3.05) is 32.1 Å². The van der Waals surface area contributed by atoms with Crippen molar-refractivity contribution in [2.24, 2.45) is 0 Å². The highest BCUT2D eigenvalue weighted by Crippen LogP contribution is 2.37. The van der Waals surface area contributed by atoms with E-state index in [2.05, 4.69) is 33.0 Å². The quantitative estimate of drug-likeness (QED) is 0.755. The van der Waals surface area contributed by atoms with Gasteiger partial charge in [0.1, 0.15) is 0 Å². The Morgan fingerprint density at radius 1 is 1.64 bits per heavy atom. The molecule has 0 unspecified atom stereocenters. The molecule has 0 aliphatic heterocycles. The smallest absolute Gasteiger partial charge is 0.205 e. The van der Waals surface area contributed by atoms with E-state index >= 15 is 0 Å². The van der Waals surface area contributed by atoms with E-state index < -0.39 is 0 Å². The van der Waals surface area contributed by atoms with Gasteiger partial charge in [-0.3, -0.25) is 0 Å². The van der Waals surface area contributed by atoms with Crippen molar-refractivity contribution in [2.45, 2.75) is 18.9 Å². The van der Waals surface area contributed by atoms with E-state index in [0.29, 0.717) is 6.04 Å². The number of imidazole rings is 1. The second-order valence-electron chi connectivity index (χ2n) is 3.89. The lowest BCUT2D eigenvalue weighted by Crippen LogP contribution is -2.29. The summed E-state index contributed by atoms with van der Waals surface area (Å²) < 4.78 is 2.29. The first kappa shape index (κ1) is 9.52. The average Bonchev–Trinajstić information content (AvgIpc) is 2.93.